The zero-order valence-electron chi connectivity index (χ0n) is 8.69. The third kappa shape index (κ3) is 3.10. The number of carboxylic acids is 1. The summed E-state index contributed by atoms with van der Waals surface area (Å²) in [6.07, 6.45) is -2.57. The van der Waals surface area contributed by atoms with Gasteiger partial charge >= 0.3 is 18.5 Å². The lowest BCUT2D eigenvalue weighted by atomic mass is 10.0. The number of ether oxygens (including phenoxy) is 1. The normalized spacial score (nSPS) is 13.4. The predicted octanol–water partition coefficient (Wildman–Crippen LogP) is 2.04. The zero-order chi connectivity index (χ0) is 13.9. The fraction of sp³-hybridized carbons (Fsp3) is 0.300. The quantitative estimate of drug-likeness (QED) is 0.802. The predicted molar refractivity (Wildman–Crippen MR) is 50.6 cm³/mol. The Bertz CT molecular complexity index is 418. The van der Waals surface area contributed by atoms with Gasteiger partial charge in [0.1, 0.15) is 5.75 Å². The molecule has 1 rings (SSSR count). The molecule has 0 saturated heterocycles. The smallest absolute Gasteiger partial charge is 0.387 e. The highest BCUT2D eigenvalue weighted by atomic mass is 19.3. The Morgan fingerprint density at radius 2 is 1.72 bits per heavy atom. The number of rotatable bonds is 5. The van der Waals surface area contributed by atoms with Crippen LogP contribution in [0.25, 0.3) is 0 Å². The Hall–Kier alpha value is -1.83. The first-order valence-electron chi connectivity index (χ1n) is 4.59. The maximum atomic E-state index is 12.9. The lowest BCUT2D eigenvalue weighted by molar-refractivity contribution is -0.182. The van der Waals surface area contributed by atoms with Gasteiger partial charge in [-0.15, -0.1) is 0 Å². The van der Waals surface area contributed by atoms with Crippen LogP contribution in [0.2, 0.25) is 0 Å². The molecule has 18 heavy (non-hydrogen) atoms. The molecule has 0 aliphatic carbocycles. The van der Waals surface area contributed by atoms with E-state index in [1.54, 1.807) is 0 Å². The fourth-order valence-corrected chi connectivity index (χ4v) is 1.16. The fourth-order valence-electron chi connectivity index (χ4n) is 1.16. The molecule has 0 saturated carbocycles. The van der Waals surface area contributed by atoms with E-state index < -0.39 is 30.2 Å². The highest BCUT2D eigenvalue weighted by molar-refractivity contribution is 5.76. The largest absolute Gasteiger partial charge is 0.477 e. The van der Waals surface area contributed by atoms with E-state index in [9.17, 15) is 27.5 Å². The molecule has 0 bridgehead atoms. The number of aliphatic hydroxyl groups excluding tert-OH is 1. The monoisotopic (exact) mass is 268 g/mol. The van der Waals surface area contributed by atoms with Crippen molar-refractivity contribution in [3.8, 4) is 5.75 Å². The molecule has 8 heteroatoms. The standard InChI is InChI=1S/C10H8F4O4/c11-9(12)18-6-3-1-5(2-4-6)7(15)10(13,14)8(16)17/h1-4,7,9,15H,(H,16,17). The molecule has 0 aliphatic rings. The van der Waals surface area contributed by atoms with Gasteiger partial charge in [0.2, 0.25) is 0 Å². The Labute approximate surface area is 98.4 Å². The molecule has 1 atom stereocenters. The molecule has 0 radical (unpaired) electrons. The maximum absolute atomic E-state index is 12.9. The van der Waals surface area contributed by atoms with Crippen molar-refractivity contribution < 1.29 is 37.3 Å². The summed E-state index contributed by atoms with van der Waals surface area (Å²) in [5, 5.41) is 17.4. The maximum Gasteiger partial charge on any atom is 0.387 e. The molecule has 100 valence electrons. The van der Waals surface area contributed by atoms with Gasteiger partial charge in [0.05, 0.1) is 0 Å². The Morgan fingerprint density at radius 1 is 1.22 bits per heavy atom. The number of hydrogen-bond acceptors (Lipinski definition) is 3. The van der Waals surface area contributed by atoms with Gasteiger partial charge in [-0.3, -0.25) is 0 Å². The number of hydrogen-bond donors (Lipinski definition) is 2. The average Bonchev–Trinajstić information content (AvgIpc) is 2.28. The highest BCUT2D eigenvalue weighted by Crippen LogP contribution is 2.32. The summed E-state index contributed by atoms with van der Waals surface area (Å²) >= 11 is 0. The van der Waals surface area contributed by atoms with Crippen molar-refractivity contribution in [2.75, 3.05) is 0 Å². The van der Waals surface area contributed by atoms with E-state index in [2.05, 4.69) is 4.74 Å². The number of aliphatic hydroxyl groups is 1. The molecule has 1 aromatic carbocycles. The molecule has 0 heterocycles. The molecule has 4 nitrogen and oxygen atoms in total. The van der Waals surface area contributed by atoms with Gasteiger partial charge in [-0.1, -0.05) is 12.1 Å². The Morgan fingerprint density at radius 3 is 2.11 bits per heavy atom. The molecule has 0 amide bonds. The van der Waals surface area contributed by atoms with E-state index in [4.69, 9.17) is 5.11 Å². The van der Waals surface area contributed by atoms with Gasteiger partial charge in [0, 0.05) is 0 Å². The lowest BCUT2D eigenvalue weighted by Gasteiger charge is -2.18. The molecule has 0 aromatic heterocycles. The third-order valence-electron chi connectivity index (χ3n) is 2.05. The van der Waals surface area contributed by atoms with Crippen LogP contribution in [-0.2, 0) is 4.79 Å². The second kappa shape index (κ2) is 5.21. The van der Waals surface area contributed by atoms with Crippen LogP contribution in [0, 0.1) is 0 Å². The summed E-state index contributed by atoms with van der Waals surface area (Å²) in [6, 6.07) is 3.59. The van der Waals surface area contributed by atoms with Crippen molar-refractivity contribution in [2.45, 2.75) is 18.6 Å². The van der Waals surface area contributed by atoms with Crippen molar-refractivity contribution in [1.29, 1.82) is 0 Å². The van der Waals surface area contributed by atoms with E-state index in [1.165, 1.54) is 0 Å². The molecule has 0 spiro atoms. The highest BCUT2D eigenvalue weighted by Gasteiger charge is 2.47. The number of carboxylic acid groups (broad SMARTS) is 1. The van der Waals surface area contributed by atoms with E-state index in [0.717, 1.165) is 24.3 Å². The molecule has 1 aromatic rings. The molecule has 2 N–H and O–H groups in total. The summed E-state index contributed by atoms with van der Waals surface area (Å²) in [6.45, 7) is -3.07. The first kappa shape index (κ1) is 14.2. The van der Waals surface area contributed by atoms with Crippen LogP contribution in [0.5, 0.6) is 5.75 Å². The molecule has 1 unspecified atom stereocenters. The van der Waals surface area contributed by atoms with Gasteiger partial charge in [0.25, 0.3) is 0 Å². The number of aliphatic carboxylic acids is 1. The van der Waals surface area contributed by atoms with Crippen molar-refractivity contribution in [1.82, 2.24) is 0 Å². The summed E-state index contributed by atoms with van der Waals surface area (Å²) in [5.41, 5.74) is -0.427. The van der Waals surface area contributed by atoms with E-state index in [-0.39, 0.29) is 5.75 Å². The number of benzene rings is 1. The topological polar surface area (TPSA) is 66.8 Å². The van der Waals surface area contributed by atoms with Crippen molar-refractivity contribution in [3.05, 3.63) is 29.8 Å². The van der Waals surface area contributed by atoms with Gasteiger partial charge in [-0.05, 0) is 17.7 Å². The Balaban J connectivity index is 2.88. The lowest BCUT2D eigenvalue weighted by Crippen LogP contribution is -2.35. The van der Waals surface area contributed by atoms with Crippen molar-refractivity contribution >= 4 is 5.97 Å². The van der Waals surface area contributed by atoms with Crippen LogP contribution in [0.3, 0.4) is 0 Å². The van der Waals surface area contributed by atoms with Crippen LogP contribution < -0.4 is 4.74 Å². The van der Waals surface area contributed by atoms with Gasteiger partial charge in [-0.2, -0.15) is 17.6 Å². The van der Waals surface area contributed by atoms with E-state index in [1.807, 2.05) is 0 Å². The van der Waals surface area contributed by atoms with Gasteiger partial charge in [-0.25, -0.2) is 4.79 Å². The minimum Gasteiger partial charge on any atom is -0.477 e. The summed E-state index contributed by atoms with van der Waals surface area (Å²) in [5.74, 6) is -7.15. The number of alkyl halides is 4. The zero-order valence-corrected chi connectivity index (χ0v) is 8.69. The second-order valence-electron chi connectivity index (χ2n) is 3.28. The second-order valence-corrected chi connectivity index (χ2v) is 3.28. The Kier molecular flexibility index (Phi) is 4.12. The van der Waals surface area contributed by atoms with E-state index >= 15 is 0 Å². The minimum atomic E-state index is -4.37. The van der Waals surface area contributed by atoms with Crippen LogP contribution in [-0.4, -0.2) is 28.7 Å². The molecule has 0 fully saturated rings. The van der Waals surface area contributed by atoms with Crippen LogP contribution >= 0.6 is 0 Å². The van der Waals surface area contributed by atoms with Crippen LogP contribution in [0.15, 0.2) is 24.3 Å². The van der Waals surface area contributed by atoms with Gasteiger partial charge < -0.3 is 14.9 Å². The minimum absolute atomic E-state index is 0.292. The van der Waals surface area contributed by atoms with Gasteiger partial charge in [0.15, 0.2) is 6.10 Å². The average molecular weight is 268 g/mol. The third-order valence-corrected chi connectivity index (χ3v) is 2.05. The number of halogens is 4. The molecular weight excluding hydrogens is 260 g/mol. The SMILES string of the molecule is O=C(O)C(F)(F)C(O)c1ccc(OC(F)F)cc1. The summed E-state index contributed by atoms with van der Waals surface area (Å²) in [7, 11) is 0. The first-order valence-corrected chi connectivity index (χ1v) is 4.59. The molecular formula is C10H8F4O4. The van der Waals surface area contributed by atoms with E-state index in [0.29, 0.717) is 0 Å². The van der Waals surface area contributed by atoms with Crippen molar-refractivity contribution in [3.63, 3.8) is 0 Å². The summed E-state index contributed by atoms with van der Waals surface area (Å²) < 4.78 is 53.4. The number of carbonyl (C=O) groups is 1. The van der Waals surface area contributed by atoms with Crippen LogP contribution in [0.4, 0.5) is 17.6 Å². The van der Waals surface area contributed by atoms with Crippen LogP contribution in [0.1, 0.15) is 11.7 Å². The first-order chi connectivity index (χ1) is 8.25. The molecule has 0 aliphatic heterocycles. The van der Waals surface area contributed by atoms with Crippen molar-refractivity contribution in [2.24, 2.45) is 0 Å². The summed E-state index contributed by atoms with van der Waals surface area (Å²) in [4.78, 5) is 10.2.